The molecule has 1 amide bonds. The third-order valence-electron chi connectivity index (χ3n) is 4.50. The maximum Gasteiger partial charge on any atom is 0.257 e. The van der Waals surface area contributed by atoms with E-state index in [0.717, 1.165) is 12.0 Å². The molecule has 2 aromatic rings. The van der Waals surface area contributed by atoms with Gasteiger partial charge in [-0.2, -0.15) is 0 Å². The van der Waals surface area contributed by atoms with Crippen LogP contribution in [0, 0.1) is 6.92 Å². The van der Waals surface area contributed by atoms with Crippen molar-refractivity contribution in [1.29, 1.82) is 0 Å². The lowest BCUT2D eigenvalue weighted by atomic mass is 9.92. The summed E-state index contributed by atoms with van der Waals surface area (Å²) in [5.41, 5.74) is 2.19. The third-order valence-corrected chi connectivity index (χ3v) is 4.76. The van der Waals surface area contributed by atoms with Crippen LogP contribution in [0.3, 0.4) is 0 Å². The monoisotopic (exact) mass is 345 g/mol. The second-order valence-corrected chi connectivity index (χ2v) is 6.56. The predicted molar refractivity (Wildman–Crippen MR) is 92.0 cm³/mol. The fourth-order valence-corrected chi connectivity index (χ4v) is 3.28. The minimum absolute atomic E-state index is 0.120. The maximum atomic E-state index is 12.9. The van der Waals surface area contributed by atoms with Gasteiger partial charge in [0.2, 0.25) is 0 Å². The number of rotatable bonds is 3. The number of likely N-dealkylation sites (tertiary alicyclic amines) is 1. The van der Waals surface area contributed by atoms with Crippen molar-refractivity contribution in [3.05, 3.63) is 58.6 Å². The van der Waals surface area contributed by atoms with Crippen LogP contribution in [0.1, 0.15) is 34.5 Å². The first-order valence-corrected chi connectivity index (χ1v) is 8.44. The van der Waals surface area contributed by atoms with Gasteiger partial charge in [-0.25, -0.2) is 9.97 Å². The lowest BCUT2D eigenvalue weighted by Crippen LogP contribution is -2.52. The quantitative estimate of drug-likeness (QED) is 0.928. The van der Waals surface area contributed by atoms with Crippen molar-refractivity contribution >= 4 is 17.5 Å². The van der Waals surface area contributed by atoms with E-state index in [0.29, 0.717) is 35.7 Å². The predicted octanol–water partition coefficient (Wildman–Crippen LogP) is 2.65. The molecular formula is C18H20ClN3O2. The molecule has 1 aliphatic heterocycles. The summed E-state index contributed by atoms with van der Waals surface area (Å²) < 4.78 is 0. The van der Waals surface area contributed by atoms with Crippen molar-refractivity contribution in [3.63, 3.8) is 0 Å². The van der Waals surface area contributed by atoms with Crippen molar-refractivity contribution in [2.75, 3.05) is 6.54 Å². The second-order valence-electron chi connectivity index (χ2n) is 6.13. The zero-order valence-electron chi connectivity index (χ0n) is 13.5. The standard InChI is InChI=1S/C18H20ClN3O2/c1-12-15(10-20-11-21-12)18(24)22-8-2-3-17(23)16(22)9-13-4-6-14(19)7-5-13/h4-7,10-11,16-17,23H,2-3,8-9H2,1H3/t16-,17-/m0/s1. The van der Waals surface area contributed by atoms with E-state index in [1.807, 2.05) is 24.3 Å². The van der Waals surface area contributed by atoms with Crippen LogP contribution < -0.4 is 0 Å². The molecule has 24 heavy (non-hydrogen) atoms. The summed E-state index contributed by atoms with van der Waals surface area (Å²) in [7, 11) is 0. The number of aryl methyl sites for hydroxylation is 1. The van der Waals surface area contributed by atoms with Crippen LogP contribution in [-0.4, -0.2) is 44.6 Å². The lowest BCUT2D eigenvalue weighted by Gasteiger charge is -2.39. The van der Waals surface area contributed by atoms with E-state index in [2.05, 4.69) is 9.97 Å². The summed E-state index contributed by atoms with van der Waals surface area (Å²) in [6.07, 6.45) is 4.52. The number of aliphatic hydroxyl groups is 1. The van der Waals surface area contributed by atoms with Gasteiger partial charge in [-0.3, -0.25) is 4.79 Å². The Morgan fingerprint density at radius 1 is 1.38 bits per heavy atom. The molecule has 1 N–H and O–H groups in total. The van der Waals surface area contributed by atoms with Crippen molar-refractivity contribution < 1.29 is 9.90 Å². The average molecular weight is 346 g/mol. The highest BCUT2D eigenvalue weighted by atomic mass is 35.5. The van der Waals surface area contributed by atoms with Gasteiger partial charge in [-0.05, 0) is 43.9 Å². The summed E-state index contributed by atoms with van der Waals surface area (Å²) in [5.74, 6) is -0.120. The molecule has 1 saturated heterocycles. The first-order valence-electron chi connectivity index (χ1n) is 8.06. The summed E-state index contributed by atoms with van der Waals surface area (Å²) in [5, 5.41) is 11.1. The van der Waals surface area contributed by atoms with Gasteiger partial charge in [-0.15, -0.1) is 0 Å². The van der Waals surface area contributed by atoms with Crippen LogP contribution >= 0.6 is 11.6 Å². The molecule has 1 fully saturated rings. The van der Waals surface area contributed by atoms with Gasteiger partial charge in [-0.1, -0.05) is 23.7 Å². The van der Waals surface area contributed by atoms with Crippen LogP contribution in [0.25, 0.3) is 0 Å². The number of carbonyl (C=O) groups is 1. The van der Waals surface area contributed by atoms with Crippen molar-refractivity contribution in [2.24, 2.45) is 0 Å². The Morgan fingerprint density at radius 2 is 2.12 bits per heavy atom. The number of piperidine rings is 1. The summed E-state index contributed by atoms with van der Waals surface area (Å²) >= 11 is 5.93. The molecule has 6 heteroatoms. The summed E-state index contributed by atoms with van der Waals surface area (Å²) in [4.78, 5) is 22.8. The number of benzene rings is 1. The lowest BCUT2D eigenvalue weighted by molar-refractivity contribution is 0.0117. The fraction of sp³-hybridized carbons (Fsp3) is 0.389. The van der Waals surface area contributed by atoms with E-state index in [-0.39, 0.29) is 11.9 Å². The number of carbonyl (C=O) groups excluding carboxylic acids is 1. The highest BCUT2D eigenvalue weighted by Crippen LogP contribution is 2.24. The Morgan fingerprint density at radius 3 is 2.83 bits per heavy atom. The van der Waals surface area contributed by atoms with Gasteiger partial charge in [0.25, 0.3) is 5.91 Å². The van der Waals surface area contributed by atoms with Crippen molar-refractivity contribution in [2.45, 2.75) is 38.3 Å². The van der Waals surface area contributed by atoms with E-state index in [4.69, 9.17) is 11.6 Å². The highest BCUT2D eigenvalue weighted by Gasteiger charge is 2.34. The molecule has 1 aliphatic rings. The van der Waals surface area contributed by atoms with Crippen molar-refractivity contribution in [1.82, 2.24) is 14.9 Å². The van der Waals surface area contributed by atoms with Gasteiger partial charge in [0.05, 0.1) is 23.4 Å². The molecule has 2 atom stereocenters. The number of halogens is 1. The Kier molecular flexibility index (Phi) is 5.11. The van der Waals surface area contributed by atoms with Gasteiger partial charge < -0.3 is 10.0 Å². The van der Waals surface area contributed by atoms with Crippen LogP contribution in [0.5, 0.6) is 0 Å². The number of amides is 1. The van der Waals surface area contributed by atoms with E-state index in [9.17, 15) is 9.90 Å². The molecule has 0 spiro atoms. The molecule has 0 aliphatic carbocycles. The molecule has 0 saturated carbocycles. The first kappa shape index (κ1) is 16.9. The highest BCUT2D eigenvalue weighted by molar-refractivity contribution is 6.30. The zero-order valence-corrected chi connectivity index (χ0v) is 14.3. The van der Waals surface area contributed by atoms with Crippen LogP contribution in [0.15, 0.2) is 36.8 Å². The molecular weight excluding hydrogens is 326 g/mol. The van der Waals surface area contributed by atoms with Gasteiger partial charge in [0.1, 0.15) is 6.33 Å². The van der Waals surface area contributed by atoms with Crippen LogP contribution in [-0.2, 0) is 6.42 Å². The first-order chi connectivity index (χ1) is 11.6. The van der Waals surface area contributed by atoms with Crippen molar-refractivity contribution in [3.8, 4) is 0 Å². The Bertz CT molecular complexity index is 720. The maximum absolute atomic E-state index is 12.9. The Hall–Kier alpha value is -1.98. The Labute approximate surface area is 146 Å². The third kappa shape index (κ3) is 3.57. The molecule has 1 aromatic heterocycles. The minimum atomic E-state index is -0.539. The smallest absolute Gasteiger partial charge is 0.257 e. The normalized spacial score (nSPS) is 20.9. The molecule has 0 unspecified atom stereocenters. The molecule has 5 nitrogen and oxygen atoms in total. The number of aromatic nitrogens is 2. The van der Waals surface area contributed by atoms with E-state index >= 15 is 0 Å². The second kappa shape index (κ2) is 7.28. The van der Waals surface area contributed by atoms with Gasteiger partial charge in [0, 0.05) is 17.8 Å². The van der Waals surface area contributed by atoms with Gasteiger partial charge in [0.15, 0.2) is 0 Å². The molecule has 126 valence electrons. The number of hydrogen-bond acceptors (Lipinski definition) is 4. The number of nitrogens with zero attached hydrogens (tertiary/aromatic N) is 3. The molecule has 1 aromatic carbocycles. The number of hydrogen-bond donors (Lipinski definition) is 1. The fourth-order valence-electron chi connectivity index (χ4n) is 3.15. The van der Waals surface area contributed by atoms with E-state index in [1.54, 1.807) is 18.0 Å². The molecule has 0 radical (unpaired) electrons. The van der Waals surface area contributed by atoms with E-state index < -0.39 is 6.10 Å². The molecule has 0 bridgehead atoms. The topological polar surface area (TPSA) is 66.3 Å². The van der Waals surface area contributed by atoms with E-state index in [1.165, 1.54) is 6.33 Å². The van der Waals surface area contributed by atoms with Crippen LogP contribution in [0.4, 0.5) is 0 Å². The SMILES string of the molecule is Cc1ncncc1C(=O)N1CCC[C@H](O)[C@@H]1Cc1ccc(Cl)cc1. The summed E-state index contributed by atoms with van der Waals surface area (Å²) in [6.45, 7) is 2.42. The van der Waals surface area contributed by atoms with Crippen LogP contribution in [0.2, 0.25) is 5.02 Å². The minimum Gasteiger partial charge on any atom is -0.391 e. The number of aliphatic hydroxyl groups excluding tert-OH is 1. The zero-order chi connectivity index (χ0) is 17.1. The Balaban J connectivity index is 1.85. The largest absolute Gasteiger partial charge is 0.391 e. The average Bonchev–Trinajstić information content (AvgIpc) is 2.58. The molecule has 3 rings (SSSR count). The summed E-state index contributed by atoms with van der Waals surface area (Å²) in [6, 6.07) is 7.26. The molecule has 2 heterocycles. The van der Waals surface area contributed by atoms with Gasteiger partial charge >= 0.3 is 0 Å².